The smallest absolute Gasteiger partial charge is 0.230 e. The first-order valence-electron chi connectivity index (χ1n) is 7.23. The zero-order valence-corrected chi connectivity index (χ0v) is 12.9. The van der Waals surface area contributed by atoms with E-state index in [2.05, 4.69) is 17.2 Å². The lowest BCUT2D eigenvalue weighted by atomic mass is 9.93. The minimum Gasteiger partial charge on any atom is -0.399 e. The molecule has 1 aliphatic rings. The SMILES string of the molecule is CC1CCc2nc(NC(=O)Cc3ccc(N)cc3)sc2C1. The van der Waals surface area contributed by atoms with E-state index in [1.165, 1.54) is 17.0 Å². The molecule has 110 valence electrons. The summed E-state index contributed by atoms with van der Waals surface area (Å²) in [5.41, 5.74) is 8.47. The topological polar surface area (TPSA) is 68.0 Å². The highest BCUT2D eigenvalue weighted by molar-refractivity contribution is 7.15. The van der Waals surface area contributed by atoms with Gasteiger partial charge < -0.3 is 11.1 Å². The Morgan fingerprint density at radius 2 is 2.19 bits per heavy atom. The Balaban J connectivity index is 1.64. The second-order valence-electron chi connectivity index (χ2n) is 5.70. The number of rotatable bonds is 3. The number of benzene rings is 1. The summed E-state index contributed by atoms with van der Waals surface area (Å²) in [5, 5.41) is 3.65. The van der Waals surface area contributed by atoms with E-state index >= 15 is 0 Å². The number of nitrogens with one attached hydrogen (secondary N) is 1. The molecule has 3 N–H and O–H groups in total. The molecule has 1 unspecified atom stereocenters. The first kappa shape index (κ1) is 14.1. The van der Waals surface area contributed by atoms with Crippen molar-refractivity contribution in [2.75, 3.05) is 11.1 Å². The highest BCUT2D eigenvalue weighted by Crippen LogP contribution is 2.32. The predicted molar refractivity (Wildman–Crippen MR) is 86.5 cm³/mol. The molecule has 2 aromatic rings. The van der Waals surface area contributed by atoms with Crippen LogP contribution in [0.3, 0.4) is 0 Å². The Bertz CT molecular complexity index is 648. The molecule has 0 radical (unpaired) electrons. The first-order valence-corrected chi connectivity index (χ1v) is 8.04. The minimum atomic E-state index is -0.0288. The molecule has 1 aliphatic carbocycles. The quantitative estimate of drug-likeness (QED) is 0.856. The van der Waals surface area contributed by atoms with Gasteiger partial charge in [-0.2, -0.15) is 0 Å². The summed E-state index contributed by atoms with van der Waals surface area (Å²) >= 11 is 1.62. The molecule has 0 fully saturated rings. The Hall–Kier alpha value is -1.88. The molecule has 5 heteroatoms. The number of aryl methyl sites for hydroxylation is 1. The molecule has 1 aromatic carbocycles. The fourth-order valence-corrected chi connectivity index (χ4v) is 3.77. The molecule has 0 aliphatic heterocycles. The normalized spacial score (nSPS) is 17.3. The zero-order chi connectivity index (χ0) is 14.8. The maximum Gasteiger partial charge on any atom is 0.230 e. The van der Waals surface area contributed by atoms with Crippen LogP contribution in [0.5, 0.6) is 0 Å². The average Bonchev–Trinajstić information content (AvgIpc) is 2.82. The molecular weight excluding hydrogens is 282 g/mol. The number of anilines is 2. The lowest BCUT2D eigenvalue weighted by molar-refractivity contribution is -0.115. The van der Waals surface area contributed by atoms with Crippen LogP contribution >= 0.6 is 11.3 Å². The summed E-state index contributed by atoms with van der Waals surface area (Å²) in [6.07, 6.45) is 3.65. The van der Waals surface area contributed by atoms with Crippen molar-refractivity contribution >= 4 is 28.1 Å². The Morgan fingerprint density at radius 1 is 1.43 bits per heavy atom. The fourth-order valence-electron chi connectivity index (χ4n) is 2.58. The fraction of sp³-hybridized carbons (Fsp3) is 0.375. The molecule has 0 saturated heterocycles. The van der Waals surface area contributed by atoms with Crippen LogP contribution in [-0.2, 0) is 24.1 Å². The van der Waals surface area contributed by atoms with Gasteiger partial charge in [-0.3, -0.25) is 4.79 Å². The van der Waals surface area contributed by atoms with Crippen LogP contribution in [0.2, 0.25) is 0 Å². The lowest BCUT2D eigenvalue weighted by Crippen LogP contribution is -2.14. The van der Waals surface area contributed by atoms with Crippen molar-refractivity contribution in [3.05, 3.63) is 40.4 Å². The Labute approximate surface area is 128 Å². The number of thiazole rings is 1. The second-order valence-corrected chi connectivity index (χ2v) is 6.79. The van der Waals surface area contributed by atoms with Gasteiger partial charge in [0.1, 0.15) is 0 Å². The summed E-state index contributed by atoms with van der Waals surface area (Å²) in [4.78, 5) is 17.9. The maximum absolute atomic E-state index is 12.1. The third-order valence-corrected chi connectivity index (χ3v) is 4.81. The van der Waals surface area contributed by atoms with Crippen molar-refractivity contribution < 1.29 is 4.79 Å². The maximum atomic E-state index is 12.1. The van der Waals surface area contributed by atoms with Crippen LogP contribution in [0, 0.1) is 5.92 Å². The van der Waals surface area contributed by atoms with E-state index in [9.17, 15) is 4.79 Å². The second kappa shape index (κ2) is 5.85. The molecule has 3 rings (SSSR count). The highest BCUT2D eigenvalue weighted by Gasteiger charge is 2.20. The molecule has 1 amide bonds. The van der Waals surface area contributed by atoms with Crippen molar-refractivity contribution in [1.82, 2.24) is 4.98 Å². The van der Waals surface area contributed by atoms with Crippen LogP contribution in [0.25, 0.3) is 0 Å². The Morgan fingerprint density at radius 3 is 2.95 bits per heavy atom. The summed E-state index contributed by atoms with van der Waals surface area (Å²) < 4.78 is 0. The third kappa shape index (κ3) is 3.42. The summed E-state index contributed by atoms with van der Waals surface area (Å²) in [5.74, 6) is 0.690. The number of amides is 1. The van der Waals surface area contributed by atoms with E-state index in [1.807, 2.05) is 24.3 Å². The van der Waals surface area contributed by atoms with Crippen molar-refractivity contribution in [2.45, 2.75) is 32.6 Å². The molecule has 0 bridgehead atoms. The molecule has 1 heterocycles. The number of aromatic nitrogens is 1. The molecular formula is C16H19N3OS. The number of nitrogens with zero attached hydrogens (tertiary/aromatic N) is 1. The predicted octanol–water partition coefficient (Wildman–Crippen LogP) is 3.03. The largest absolute Gasteiger partial charge is 0.399 e. The van der Waals surface area contributed by atoms with Crippen molar-refractivity contribution in [1.29, 1.82) is 0 Å². The summed E-state index contributed by atoms with van der Waals surface area (Å²) in [6.45, 7) is 2.27. The summed E-state index contributed by atoms with van der Waals surface area (Å²) in [7, 11) is 0. The van der Waals surface area contributed by atoms with Crippen molar-refractivity contribution in [2.24, 2.45) is 5.92 Å². The van der Waals surface area contributed by atoms with Gasteiger partial charge in [0.05, 0.1) is 12.1 Å². The monoisotopic (exact) mass is 301 g/mol. The Kier molecular flexibility index (Phi) is 3.92. The van der Waals surface area contributed by atoms with Crippen molar-refractivity contribution in [3.8, 4) is 0 Å². The van der Waals surface area contributed by atoms with Gasteiger partial charge in [0.15, 0.2) is 5.13 Å². The molecule has 0 saturated carbocycles. The van der Waals surface area contributed by atoms with E-state index in [1.54, 1.807) is 11.3 Å². The average molecular weight is 301 g/mol. The van der Waals surface area contributed by atoms with Gasteiger partial charge in [0.2, 0.25) is 5.91 Å². The number of nitrogens with two attached hydrogens (primary N) is 1. The van der Waals surface area contributed by atoms with Gasteiger partial charge in [-0.25, -0.2) is 4.98 Å². The van der Waals surface area contributed by atoms with Crippen molar-refractivity contribution in [3.63, 3.8) is 0 Å². The van der Waals surface area contributed by atoms with E-state index in [0.717, 1.165) is 29.5 Å². The minimum absolute atomic E-state index is 0.0288. The number of nitrogen functional groups attached to an aromatic ring is 1. The zero-order valence-electron chi connectivity index (χ0n) is 12.1. The third-order valence-electron chi connectivity index (χ3n) is 3.78. The van der Waals surface area contributed by atoms with Crippen LogP contribution in [-0.4, -0.2) is 10.9 Å². The number of hydrogen-bond donors (Lipinski definition) is 2. The highest BCUT2D eigenvalue weighted by atomic mass is 32.1. The van der Waals surface area contributed by atoms with Crippen LogP contribution in [0.1, 0.15) is 29.5 Å². The molecule has 21 heavy (non-hydrogen) atoms. The van der Waals surface area contributed by atoms with E-state index < -0.39 is 0 Å². The van der Waals surface area contributed by atoms with Crippen LogP contribution in [0.15, 0.2) is 24.3 Å². The number of carbonyl (C=O) groups excluding carboxylic acids is 1. The standard InChI is InChI=1S/C16H19N3OS/c1-10-2-7-13-14(8-10)21-16(18-13)19-15(20)9-11-3-5-12(17)6-4-11/h3-6,10H,2,7-9,17H2,1H3,(H,18,19,20). The first-order chi connectivity index (χ1) is 10.1. The van der Waals surface area contributed by atoms with E-state index in [4.69, 9.17) is 5.73 Å². The van der Waals surface area contributed by atoms with Crippen LogP contribution in [0.4, 0.5) is 10.8 Å². The molecule has 1 atom stereocenters. The molecule has 4 nitrogen and oxygen atoms in total. The summed E-state index contributed by atoms with van der Waals surface area (Å²) in [6, 6.07) is 7.38. The van der Waals surface area contributed by atoms with Crippen LogP contribution < -0.4 is 11.1 Å². The van der Waals surface area contributed by atoms with Gasteiger partial charge in [-0.05, 0) is 42.9 Å². The van der Waals surface area contributed by atoms with Gasteiger partial charge in [0.25, 0.3) is 0 Å². The number of hydrogen-bond acceptors (Lipinski definition) is 4. The molecule has 1 aromatic heterocycles. The van der Waals surface area contributed by atoms with E-state index in [0.29, 0.717) is 12.1 Å². The van der Waals surface area contributed by atoms with Gasteiger partial charge in [0, 0.05) is 10.6 Å². The number of fused-ring (bicyclic) bond motifs is 1. The molecule has 0 spiro atoms. The van der Waals surface area contributed by atoms with E-state index in [-0.39, 0.29) is 5.91 Å². The van der Waals surface area contributed by atoms with Gasteiger partial charge >= 0.3 is 0 Å². The van der Waals surface area contributed by atoms with Gasteiger partial charge in [-0.15, -0.1) is 11.3 Å². The number of carbonyl (C=O) groups is 1. The lowest BCUT2D eigenvalue weighted by Gasteiger charge is -2.15. The van der Waals surface area contributed by atoms with Gasteiger partial charge in [-0.1, -0.05) is 19.1 Å².